The fourth-order valence-corrected chi connectivity index (χ4v) is 1.86. The number of nitrogens with zero attached hydrogens (tertiary/aromatic N) is 1. The number of H-pyrrole nitrogens is 2. The van der Waals surface area contributed by atoms with Gasteiger partial charge in [0.25, 0.3) is 5.56 Å². The molecule has 0 saturated carbocycles. The number of rotatable bonds is 7. The summed E-state index contributed by atoms with van der Waals surface area (Å²) in [7, 11) is 0. The third-order valence-electron chi connectivity index (χ3n) is 3.11. The summed E-state index contributed by atoms with van der Waals surface area (Å²) >= 11 is 0. The third kappa shape index (κ3) is 4.23. The molecule has 8 nitrogen and oxygen atoms in total. The molecule has 20 heavy (non-hydrogen) atoms. The molecule has 0 amide bonds. The summed E-state index contributed by atoms with van der Waals surface area (Å²) in [6.07, 6.45) is 0. The zero-order valence-electron chi connectivity index (χ0n) is 12.0. The summed E-state index contributed by atoms with van der Waals surface area (Å²) in [5.74, 6) is -0.726. The summed E-state index contributed by atoms with van der Waals surface area (Å²) in [4.78, 5) is 27.9. The lowest BCUT2D eigenvalue weighted by Gasteiger charge is -2.15. The summed E-state index contributed by atoms with van der Waals surface area (Å²) in [6.45, 7) is 9.37. The van der Waals surface area contributed by atoms with Crippen molar-refractivity contribution in [1.29, 1.82) is 0 Å². The molecular formula is C12H21N5O3. The first-order valence-corrected chi connectivity index (χ1v) is 6.64. The SMILES string of the molecule is CC[NH+](CC)CCNN=C(C)c1c([O-])[nH]c(=O)[nH]c1=O. The van der Waals surface area contributed by atoms with Crippen LogP contribution in [0.25, 0.3) is 0 Å². The Kier molecular flexibility index (Phi) is 5.98. The second kappa shape index (κ2) is 7.49. The molecule has 0 saturated heterocycles. The van der Waals surface area contributed by atoms with Gasteiger partial charge in [0.15, 0.2) is 0 Å². The van der Waals surface area contributed by atoms with Crippen LogP contribution >= 0.6 is 0 Å². The largest absolute Gasteiger partial charge is 0.860 e. The van der Waals surface area contributed by atoms with E-state index in [1.165, 1.54) is 4.90 Å². The number of hydrogen-bond donors (Lipinski definition) is 4. The van der Waals surface area contributed by atoms with Crippen molar-refractivity contribution in [3.05, 3.63) is 26.4 Å². The van der Waals surface area contributed by atoms with Gasteiger partial charge in [-0.2, -0.15) is 5.10 Å². The lowest BCUT2D eigenvalue weighted by atomic mass is 10.2. The summed E-state index contributed by atoms with van der Waals surface area (Å²) in [5, 5.41) is 15.5. The summed E-state index contributed by atoms with van der Waals surface area (Å²) in [6, 6.07) is 0. The van der Waals surface area contributed by atoms with Gasteiger partial charge in [-0.3, -0.25) is 9.78 Å². The van der Waals surface area contributed by atoms with E-state index in [0.717, 1.165) is 19.6 Å². The highest BCUT2D eigenvalue weighted by molar-refractivity contribution is 5.99. The third-order valence-corrected chi connectivity index (χ3v) is 3.11. The predicted octanol–water partition coefficient (Wildman–Crippen LogP) is -2.62. The minimum Gasteiger partial charge on any atom is -0.860 e. The van der Waals surface area contributed by atoms with E-state index in [0.29, 0.717) is 6.54 Å². The van der Waals surface area contributed by atoms with E-state index in [2.05, 4.69) is 24.4 Å². The smallest absolute Gasteiger partial charge is 0.325 e. The van der Waals surface area contributed by atoms with Gasteiger partial charge in [0, 0.05) is 0 Å². The number of hydrogen-bond acceptors (Lipinski definition) is 5. The van der Waals surface area contributed by atoms with Crippen LogP contribution in [0.4, 0.5) is 0 Å². The number of hydrazone groups is 1. The average Bonchev–Trinajstić information content (AvgIpc) is 2.37. The Morgan fingerprint density at radius 1 is 1.30 bits per heavy atom. The standard InChI is InChI=1S/C12H21N5O3/c1-4-17(5-2)7-6-13-16-8(3)9-10(18)14-12(20)15-11(9)19/h13H,4-7H2,1-3H3,(H3,14,15,18,19,20). The Labute approximate surface area is 116 Å². The van der Waals surface area contributed by atoms with E-state index in [4.69, 9.17) is 0 Å². The molecule has 4 N–H and O–H groups in total. The van der Waals surface area contributed by atoms with Gasteiger partial charge in [0.1, 0.15) is 0 Å². The van der Waals surface area contributed by atoms with Crippen molar-refractivity contribution in [2.45, 2.75) is 20.8 Å². The molecule has 0 spiro atoms. The van der Waals surface area contributed by atoms with Gasteiger partial charge in [-0.05, 0) is 26.7 Å². The van der Waals surface area contributed by atoms with E-state index >= 15 is 0 Å². The molecule has 0 bridgehead atoms. The Bertz CT molecular complexity index is 571. The zero-order chi connectivity index (χ0) is 15.1. The molecule has 1 rings (SSSR count). The van der Waals surface area contributed by atoms with Crippen molar-refractivity contribution in [3.8, 4) is 5.88 Å². The van der Waals surface area contributed by atoms with Gasteiger partial charge in [-0.1, -0.05) is 0 Å². The van der Waals surface area contributed by atoms with Gasteiger partial charge in [-0.15, -0.1) is 0 Å². The molecule has 8 heteroatoms. The van der Waals surface area contributed by atoms with Gasteiger partial charge in [0.2, 0.25) is 0 Å². The molecule has 0 aliphatic carbocycles. The summed E-state index contributed by atoms with van der Waals surface area (Å²) in [5.41, 5.74) is 1.40. The first-order chi connectivity index (χ1) is 9.49. The molecule has 0 fully saturated rings. The molecule has 112 valence electrons. The second-order valence-corrected chi connectivity index (χ2v) is 4.42. The van der Waals surface area contributed by atoms with Crippen LogP contribution < -0.4 is 26.7 Å². The van der Waals surface area contributed by atoms with Crippen molar-refractivity contribution in [2.75, 3.05) is 26.2 Å². The van der Waals surface area contributed by atoms with Crippen LogP contribution in [0.2, 0.25) is 0 Å². The number of nitrogens with one attached hydrogen (secondary N) is 4. The van der Waals surface area contributed by atoms with Crippen molar-refractivity contribution in [2.24, 2.45) is 5.10 Å². The van der Waals surface area contributed by atoms with Crippen LogP contribution in [-0.4, -0.2) is 41.9 Å². The quantitative estimate of drug-likeness (QED) is 0.249. The van der Waals surface area contributed by atoms with Crippen LogP contribution in [0, 0.1) is 0 Å². The molecule has 0 radical (unpaired) electrons. The molecule has 0 aliphatic rings. The lowest BCUT2D eigenvalue weighted by Crippen LogP contribution is -3.12. The Morgan fingerprint density at radius 2 is 1.95 bits per heavy atom. The topological polar surface area (TPSA) is 118 Å². The molecule has 0 atom stereocenters. The summed E-state index contributed by atoms with van der Waals surface area (Å²) < 4.78 is 0. The fraction of sp³-hybridized carbons (Fsp3) is 0.583. The highest BCUT2D eigenvalue weighted by atomic mass is 16.3. The van der Waals surface area contributed by atoms with Crippen molar-refractivity contribution in [3.63, 3.8) is 0 Å². The monoisotopic (exact) mass is 283 g/mol. The Balaban J connectivity index is 2.71. The molecule has 1 aromatic rings. The van der Waals surface area contributed by atoms with Gasteiger partial charge >= 0.3 is 5.69 Å². The van der Waals surface area contributed by atoms with Crippen molar-refractivity contribution >= 4 is 5.71 Å². The van der Waals surface area contributed by atoms with Crippen LogP contribution in [0.15, 0.2) is 14.7 Å². The fourth-order valence-electron chi connectivity index (χ4n) is 1.86. The molecule has 0 aliphatic heterocycles. The first kappa shape index (κ1) is 16.0. The van der Waals surface area contributed by atoms with Gasteiger partial charge in [-0.25, -0.2) is 4.79 Å². The zero-order valence-corrected chi connectivity index (χ0v) is 12.0. The highest BCUT2D eigenvalue weighted by Gasteiger charge is 2.06. The second-order valence-electron chi connectivity index (χ2n) is 4.42. The van der Waals surface area contributed by atoms with Crippen LogP contribution in [0.1, 0.15) is 26.3 Å². The van der Waals surface area contributed by atoms with E-state index in [1.54, 1.807) is 6.92 Å². The maximum Gasteiger partial charge on any atom is 0.325 e. The number of aromatic amines is 2. The molecule has 1 aromatic heterocycles. The van der Waals surface area contributed by atoms with Crippen molar-refractivity contribution in [1.82, 2.24) is 15.4 Å². The number of aromatic nitrogens is 2. The number of quaternary nitrogens is 1. The molecule has 0 unspecified atom stereocenters. The predicted molar refractivity (Wildman–Crippen MR) is 74.3 cm³/mol. The normalized spacial score (nSPS) is 11.9. The first-order valence-electron chi connectivity index (χ1n) is 6.64. The Hall–Kier alpha value is -2.09. The lowest BCUT2D eigenvalue weighted by molar-refractivity contribution is -0.895. The van der Waals surface area contributed by atoms with E-state index in [-0.39, 0.29) is 11.3 Å². The molecular weight excluding hydrogens is 262 g/mol. The van der Waals surface area contributed by atoms with E-state index in [9.17, 15) is 14.7 Å². The maximum absolute atomic E-state index is 11.5. The number of likely N-dealkylation sites (N-methyl/N-ethyl adjacent to an activating group) is 1. The Morgan fingerprint density at radius 3 is 2.50 bits per heavy atom. The minimum absolute atomic E-state index is 0.146. The highest BCUT2D eigenvalue weighted by Crippen LogP contribution is 2.01. The van der Waals surface area contributed by atoms with E-state index in [1.807, 2.05) is 9.97 Å². The molecule has 0 aromatic carbocycles. The molecule has 1 heterocycles. The van der Waals surface area contributed by atoms with Gasteiger partial charge in [0.05, 0.1) is 37.5 Å². The minimum atomic E-state index is -0.811. The van der Waals surface area contributed by atoms with Crippen LogP contribution in [-0.2, 0) is 0 Å². The van der Waals surface area contributed by atoms with Gasteiger partial charge < -0.3 is 20.4 Å². The van der Waals surface area contributed by atoms with Crippen LogP contribution in [0.3, 0.4) is 0 Å². The van der Waals surface area contributed by atoms with Crippen molar-refractivity contribution < 1.29 is 10.0 Å². The van der Waals surface area contributed by atoms with Crippen LogP contribution in [0.5, 0.6) is 5.88 Å². The average molecular weight is 283 g/mol. The van der Waals surface area contributed by atoms with E-state index < -0.39 is 17.1 Å². The maximum atomic E-state index is 11.5.